The Morgan fingerprint density at radius 2 is 2.43 bits per heavy atom. The van der Waals surface area contributed by atoms with E-state index in [-0.39, 0.29) is 0 Å². The topological polar surface area (TPSA) is 29.3 Å². The predicted molar refractivity (Wildman–Crippen MR) is 29.8 cm³/mol. The molecule has 1 rings (SSSR count). The molecule has 1 atom stereocenters. The van der Waals surface area contributed by atoms with E-state index in [9.17, 15) is 0 Å². The van der Waals surface area contributed by atoms with Gasteiger partial charge in [0.25, 0.3) is 0 Å². The van der Waals surface area contributed by atoms with E-state index in [1.54, 1.807) is 0 Å². The van der Waals surface area contributed by atoms with E-state index in [1.165, 1.54) is 19.4 Å². The molecule has 1 aliphatic rings. The Kier molecular flexibility index (Phi) is 1.30. The summed E-state index contributed by atoms with van der Waals surface area (Å²) < 4.78 is 0. The number of likely N-dealkylation sites (tertiary alicyclic amines) is 1. The van der Waals surface area contributed by atoms with Gasteiger partial charge in [-0.05, 0) is 26.4 Å². The van der Waals surface area contributed by atoms with Crippen LogP contribution in [0.5, 0.6) is 0 Å². The fourth-order valence-corrected chi connectivity index (χ4v) is 0.936. The SMILES string of the molecule is CN1CCCC1N. The van der Waals surface area contributed by atoms with Gasteiger partial charge in [0.15, 0.2) is 0 Å². The molecule has 0 radical (unpaired) electrons. The zero-order valence-electron chi connectivity index (χ0n) is 4.72. The van der Waals surface area contributed by atoms with Gasteiger partial charge in [-0.2, -0.15) is 0 Å². The van der Waals surface area contributed by atoms with Gasteiger partial charge < -0.3 is 5.73 Å². The van der Waals surface area contributed by atoms with Gasteiger partial charge in [0.1, 0.15) is 0 Å². The van der Waals surface area contributed by atoms with Crippen LogP contribution in [0, 0.1) is 0 Å². The second kappa shape index (κ2) is 1.80. The molecular formula is C5H12N2. The normalized spacial score (nSPS) is 34.3. The fraction of sp³-hybridized carbons (Fsp3) is 1.00. The van der Waals surface area contributed by atoms with Gasteiger partial charge in [0.2, 0.25) is 0 Å². The van der Waals surface area contributed by atoms with Gasteiger partial charge in [-0.1, -0.05) is 0 Å². The molecule has 42 valence electrons. The summed E-state index contributed by atoms with van der Waals surface area (Å²) in [5, 5.41) is 0. The molecule has 1 unspecified atom stereocenters. The summed E-state index contributed by atoms with van der Waals surface area (Å²) in [5.41, 5.74) is 5.60. The van der Waals surface area contributed by atoms with Crippen molar-refractivity contribution in [2.45, 2.75) is 19.0 Å². The van der Waals surface area contributed by atoms with Crippen LogP contribution in [0.2, 0.25) is 0 Å². The zero-order valence-corrected chi connectivity index (χ0v) is 4.72. The van der Waals surface area contributed by atoms with Crippen LogP contribution in [0.1, 0.15) is 12.8 Å². The number of nitrogens with zero attached hydrogens (tertiary/aromatic N) is 1. The van der Waals surface area contributed by atoms with Gasteiger partial charge in [0.05, 0.1) is 6.17 Å². The van der Waals surface area contributed by atoms with Crippen LogP contribution < -0.4 is 5.73 Å². The molecular weight excluding hydrogens is 88.1 g/mol. The Balaban J connectivity index is 2.33. The summed E-state index contributed by atoms with van der Waals surface area (Å²) in [6, 6.07) is 0. The molecule has 0 bridgehead atoms. The summed E-state index contributed by atoms with van der Waals surface area (Å²) in [6.07, 6.45) is 2.80. The molecule has 0 amide bonds. The van der Waals surface area contributed by atoms with Gasteiger partial charge in [-0.25, -0.2) is 0 Å². The fourth-order valence-electron chi connectivity index (χ4n) is 0.936. The molecule has 0 saturated carbocycles. The first-order valence-electron chi connectivity index (χ1n) is 2.76. The molecule has 0 aromatic heterocycles. The third kappa shape index (κ3) is 0.924. The highest BCUT2D eigenvalue weighted by molar-refractivity contribution is 4.69. The minimum absolute atomic E-state index is 0.347. The Labute approximate surface area is 44.3 Å². The molecule has 2 N–H and O–H groups in total. The maximum atomic E-state index is 5.60. The lowest BCUT2D eigenvalue weighted by atomic mass is 10.3. The Bertz CT molecular complexity index is 55.1. The maximum absolute atomic E-state index is 5.60. The van der Waals surface area contributed by atoms with Crippen LogP contribution in [0.15, 0.2) is 0 Å². The number of hydrogen-bond acceptors (Lipinski definition) is 2. The maximum Gasteiger partial charge on any atom is 0.0569 e. The molecule has 1 saturated heterocycles. The van der Waals surface area contributed by atoms with Crippen LogP contribution in [-0.4, -0.2) is 24.7 Å². The van der Waals surface area contributed by atoms with Crippen molar-refractivity contribution in [3.63, 3.8) is 0 Å². The molecule has 1 fully saturated rings. The molecule has 0 spiro atoms. The number of hydrogen-bond donors (Lipinski definition) is 1. The highest BCUT2D eigenvalue weighted by atomic mass is 15.2. The second-order valence-corrected chi connectivity index (χ2v) is 2.19. The van der Waals surface area contributed by atoms with Crippen LogP contribution in [0.4, 0.5) is 0 Å². The average Bonchev–Trinajstić information content (AvgIpc) is 1.91. The Morgan fingerprint density at radius 1 is 1.71 bits per heavy atom. The monoisotopic (exact) mass is 100 g/mol. The van der Waals surface area contributed by atoms with E-state index in [0.29, 0.717) is 6.17 Å². The van der Waals surface area contributed by atoms with Crippen molar-refractivity contribution in [1.29, 1.82) is 0 Å². The third-order valence-electron chi connectivity index (χ3n) is 1.58. The minimum atomic E-state index is 0.347. The van der Waals surface area contributed by atoms with Gasteiger partial charge in [0, 0.05) is 0 Å². The van der Waals surface area contributed by atoms with Crippen molar-refractivity contribution in [3.05, 3.63) is 0 Å². The van der Waals surface area contributed by atoms with Crippen molar-refractivity contribution in [2.24, 2.45) is 5.73 Å². The molecule has 2 heteroatoms. The quantitative estimate of drug-likeness (QED) is 0.464. The van der Waals surface area contributed by atoms with E-state index in [0.717, 1.165) is 0 Å². The van der Waals surface area contributed by atoms with Crippen LogP contribution in [0.25, 0.3) is 0 Å². The molecule has 0 aromatic rings. The van der Waals surface area contributed by atoms with Crippen molar-refractivity contribution in [1.82, 2.24) is 4.90 Å². The predicted octanol–water partition coefficient (Wildman–Crippen LogP) is -0.00320. The summed E-state index contributed by atoms with van der Waals surface area (Å²) in [7, 11) is 2.07. The Morgan fingerprint density at radius 3 is 2.57 bits per heavy atom. The summed E-state index contributed by atoms with van der Waals surface area (Å²) in [6.45, 7) is 1.18. The smallest absolute Gasteiger partial charge is 0.0569 e. The highest BCUT2D eigenvalue weighted by Crippen LogP contribution is 2.08. The van der Waals surface area contributed by atoms with Crippen LogP contribution >= 0.6 is 0 Å². The molecule has 0 aliphatic carbocycles. The largest absolute Gasteiger partial charge is 0.316 e. The van der Waals surface area contributed by atoms with Crippen LogP contribution in [0.3, 0.4) is 0 Å². The molecule has 2 nitrogen and oxygen atoms in total. The lowest BCUT2D eigenvalue weighted by Crippen LogP contribution is -2.32. The van der Waals surface area contributed by atoms with Crippen molar-refractivity contribution < 1.29 is 0 Å². The lowest BCUT2D eigenvalue weighted by Gasteiger charge is -2.12. The summed E-state index contributed by atoms with van der Waals surface area (Å²) >= 11 is 0. The molecule has 1 heterocycles. The first kappa shape index (κ1) is 5.06. The lowest BCUT2D eigenvalue weighted by molar-refractivity contribution is 0.318. The minimum Gasteiger partial charge on any atom is -0.316 e. The van der Waals surface area contributed by atoms with E-state index < -0.39 is 0 Å². The van der Waals surface area contributed by atoms with Gasteiger partial charge >= 0.3 is 0 Å². The molecule has 7 heavy (non-hydrogen) atoms. The Hall–Kier alpha value is -0.0800. The van der Waals surface area contributed by atoms with Gasteiger partial charge in [-0.15, -0.1) is 0 Å². The van der Waals surface area contributed by atoms with E-state index in [1.807, 2.05) is 0 Å². The number of nitrogens with two attached hydrogens (primary N) is 1. The molecule has 0 aromatic carbocycles. The summed E-state index contributed by atoms with van der Waals surface area (Å²) in [5.74, 6) is 0. The van der Waals surface area contributed by atoms with Gasteiger partial charge in [-0.3, -0.25) is 4.90 Å². The standard InChI is InChI=1S/C5H12N2/c1-7-4-2-3-5(7)6/h5H,2-4,6H2,1H3. The highest BCUT2D eigenvalue weighted by Gasteiger charge is 2.14. The summed E-state index contributed by atoms with van der Waals surface area (Å²) in [4.78, 5) is 2.18. The second-order valence-electron chi connectivity index (χ2n) is 2.19. The van der Waals surface area contributed by atoms with E-state index >= 15 is 0 Å². The zero-order chi connectivity index (χ0) is 5.28. The van der Waals surface area contributed by atoms with E-state index in [4.69, 9.17) is 5.73 Å². The third-order valence-corrected chi connectivity index (χ3v) is 1.58. The first-order chi connectivity index (χ1) is 3.30. The van der Waals surface area contributed by atoms with E-state index in [2.05, 4.69) is 11.9 Å². The average molecular weight is 100 g/mol. The molecule has 1 aliphatic heterocycles. The van der Waals surface area contributed by atoms with Crippen LogP contribution in [-0.2, 0) is 0 Å². The number of rotatable bonds is 0. The van der Waals surface area contributed by atoms with Crippen molar-refractivity contribution >= 4 is 0 Å². The van der Waals surface area contributed by atoms with Crippen molar-refractivity contribution in [2.75, 3.05) is 13.6 Å². The van der Waals surface area contributed by atoms with Crippen molar-refractivity contribution in [3.8, 4) is 0 Å². The first-order valence-corrected chi connectivity index (χ1v) is 2.76.